The van der Waals surface area contributed by atoms with Gasteiger partial charge in [0.2, 0.25) is 5.95 Å². The zero-order valence-electron chi connectivity index (χ0n) is 14.6. The van der Waals surface area contributed by atoms with Crippen molar-refractivity contribution in [2.45, 2.75) is 25.0 Å². The van der Waals surface area contributed by atoms with Gasteiger partial charge in [0, 0.05) is 43.5 Å². The van der Waals surface area contributed by atoms with Gasteiger partial charge in [0.05, 0.1) is 11.6 Å². The van der Waals surface area contributed by atoms with E-state index in [0.29, 0.717) is 18.1 Å². The number of anilines is 1. The number of hydrogen-bond acceptors (Lipinski definition) is 6. The van der Waals surface area contributed by atoms with E-state index < -0.39 is 0 Å². The Labute approximate surface area is 149 Å². The number of benzene rings is 1. The van der Waals surface area contributed by atoms with Crippen molar-refractivity contribution in [3.63, 3.8) is 0 Å². The Morgan fingerprint density at radius 3 is 3.04 bits per heavy atom. The Balaban J connectivity index is 1.46. The van der Waals surface area contributed by atoms with Gasteiger partial charge in [-0.25, -0.2) is 9.67 Å². The largest absolute Gasteiger partial charge is 0.381 e. The molecular weight excluding hydrogens is 330 g/mol. The maximum Gasteiger partial charge on any atom is 0.224 e. The molecule has 5 rings (SSSR count). The normalized spacial score (nSPS) is 19.8. The first kappa shape index (κ1) is 15.3. The summed E-state index contributed by atoms with van der Waals surface area (Å²) in [6, 6.07) is 6.50. The lowest BCUT2D eigenvalue weighted by Crippen LogP contribution is -2.40. The van der Waals surface area contributed by atoms with Crippen molar-refractivity contribution in [3.05, 3.63) is 30.6 Å². The van der Waals surface area contributed by atoms with Crippen LogP contribution in [0.2, 0.25) is 0 Å². The zero-order chi connectivity index (χ0) is 17.7. The quantitative estimate of drug-likeness (QED) is 0.588. The lowest BCUT2D eigenvalue weighted by Gasteiger charge is -2.34. The van der Waals surface area contributed by atoms with Crippen molar-refractivity contribution >= 4 is 28.0 Å². The molecule has 1 aliphatic rings. The second kappa shape index (κ2) is 5.77. The molecule has 0 spiro atoms. The summed E-state index contributed by atoms with van der Waals surface area (Å²) >= 11 is 0. The van der Waals surface area contributed by atoms with Gasteiger partial charge in [0.15, 0.2) is 0 Å². The molecule has 3 aromatic heterocycles. The summed E-state index contributed by atoms with van der Waals surface area (Å²) < 4.78 is 7.09. The summed E-state index contributed by atoms with van der Waals surface area (Å²) in [7, 11) is 3.65. The maximum atomic E-state index is 5.31. The van der Waals surface area contributed by atoms with Crippen LogP contribution in [0, 0.1) is 0 Å². The minimum atomic E-state index is 0.352. The second-order valence-electron chi connectivity index (χ2n) is 6.75. The number of aromatic nitrogens is 6. The number of ether oxygens (including phenoxy) is 1. The summed E-state index contributed by atoms with van der Waals surface area (Å²) in [6.07, 6.45) is 6.18. The average molecular weight is 349 g/mol. The summed E-state index contributed by atoms with van der Waals surface area (Å²) in [6.45, 7) is 0. The Morgan fingerprint density at radius 2 is 2.19 bits per heavy atom. The van der Waals surface area contributed by atoms with Crippen LogP contribution < -0.4 is 5.32 Å². The van der Waals surface area contributed by atoms with E-state index >= 15 is 0 Å². The molecule has 2 N–H and O–H groups in total. The summed E-state index contributed by atoms with van der Waals surface area (Å²) in [5.74, 6) is 0.650. The van der Waals surface area contributed by atoms with Gasteiger partial charge in [0.25, 0.3) is 0 Å². The van der Waals surface area contributed by atoms with Gasteiger partial charge in [-0.1, -0.05) is 11.3 Å². The van der Waals surface area contributed by atoms with E-state index in [1.807, 2.05) is 31.6 Å². The highest BCUT2D eigenvalue weighted by Gasteiger charge is 2.29. The van der Waals surface area contributed by atoms with Crippen molar-refractivity contribution in [3.8, 4) is 11.1 Å². The minimum absolute atomic E-state index is 0.352. The molecule has 1 aliphatic carbocycles. The fraction of sp³-hybridized carbons (Fsp3) is 0.333. The fourth-order valence-corrected chi connectivity index (χ4v) is 3.47. The molecular formula is C18H19N7O. The second-order valence-corrected chi connectivity index (χ2v) is 6.75. The van der Waals surface area contributed by atoms with Crippen molar-refractivity contribution in [1.29, 1.82) is 0 Å². The zero-order valence-corrected chi connectivity index (χ0v) is 14.6. The van der Waals surface area contributed by atoms with Gasteiger partial charge in [-0.05, 0) is 30.5 Å². The highest BCUT2D eigenvalue weighted by molar-refractivity contribution is 5.95. The Hall–Kier alpha value is -3.00. The van der Waals surface area contributed by atoms with Crippen LogP contribution in [0.4, 0.5) is 5.95 Å². The van der Waals surface area contributed by atoms with E-state index in [9.17, 15) is 0 Å². The van der Waals surface area contributed by atoms with Gasteiger partial charge in [-0.15, -0.1) is 5.10 Å². The molecule has 8 nitrogen and oxygen atoms in total. The van der Waals surface area contributed by atoms with E-state index in [4.69, 9.17) is 4.74 Å². The van der Waals surface area contributed by atoms with Crippen LogP contribution in [0.3, 0.4) is 0 Å². The predicted octanol–water partition coefficient (Wildman–Crippen LogP) is 2.50. The summed E-state index contributed by atoms with van der Waals surface area (Å²) in [4.78, 5) is 12.4. The molecule has 0 radical (unpaired) electrons. The van der Waals surface area contributed by atoms with E-state index in [0.717, 1.165) is 46.0 Å². The number of nitrogens with one attached hydrogen (secondary N) is 2. The monoisotopic (exact) mass is 349 g/mol. The Morgan fingerprint density at radius 1 is 1.31 bits per heavy atom. The van der Waals surface area contributed by atoms with Crippen LogP contribution in [-0.4, -0.2) is 49.2 Å². The van der Waals surface area contributed by atoms with Crippen molar-refractivity contribution in [1.82, 2.24) is 29.9 Å². The first-order valence-electron chi connectivity index (χ1n) is 8.64. The first-order chi connectivity index (χ1) is 12.7. The number of aromatic amines is 1. The predicted molar refractivity (Wildman–Crippen MR) is 98.8 cm³/mol. The molecule has 0 amide bonds. The highest BCUT2D eigenvalue weighted by atomic mass is 16.5. The number of nitrogens with zero attached hydrogens (tertiary/aromatic N) is 5. The van der Waals surface area contributed by atoms with Gasteiger partial charge in [-0.2, -0.15) is 4.98 Å². The van der Waals surface area contributed by atoms with Crippen LogP contribution in [0.1, 0.15) is 12.8 Å². The van der Waals surface area contributed by atoms with Crippen LogP contribution in [0.5, 0.6) is 0 Å². The molecule has 26 heavy (non-hydrogen) atoms. The van der Waals surface area contributed by atoms with Crippen molar-refractivity contribution in [2.24, 2.45) is 7.05 Å². The van der Waals surface area contributed by atoms with Crippen molar-refractivity contribution < 1.29 is 4.74 Å². The molecule has 0 saturated heterocycles. The molecule has 1 aromatic carbocycles. The molecule has 1 fully saturated rings. The Bertz CT molecular complexity index is 1090. The molecule has 3 heterocycles. The summed E-state index contributed by atoms with van der Waals surface area (Å²) in [5.41, 5.74) is 4.85. The van der Waals surface area contributed by atoms with Crippen LogP contribution in [0.15, 0.2) is 30.6 Å². The highest BCUT2D eigenvalue weighted by Crippen LogP contribution is 2.30. The standard InChI is InChI=1S/C18H19N7O/c1-25-16-5-10(3-4-15(16)23-24-25)13-8-19-17-14(13)9-20-18(22-17)21-11-6-12(7-11)26-2/h3-5,8-9,11-12H,6-7H2,1-2H3,(H2,19,20,21,22). The molecule has 0 bridgehead atoms. The van der Waals surface area contributed by atoms with E-state index in [1.54, 1.807) is 11.8 Å². The number of rotatable bonds is 4. The summed E-state index contributed by atoms with van der Waals surface area (Å²) in [5, 5.41) is 12.6. The average Bonchev–Trinajstić information content (AvgIpc) is 3.21. The van der Waals surface area contributed by atoms with E-state index in [1.165, 1.54) is 0 Å². The van der Waals surface area contributed by atoms with Crippen LogP contribution in [0.25, 0.3) is 33.2 Å². The number of H-pyrrole nitrogens is 1. The third kappa shape index (κ3) is 2.41. The van der Waals surface area contributed by atoms with Gasteiger partial charge in [-0.3, -0.25) is 0 Å². The smallest absolute Gasteiger partial charge is 0.224 e. The third-order valence-corrected chi connectivity index (χ3v) is 5.12. The van der Waals surface area contributed by atoms with Gasteiger partial charge in [0.1, 0.15) is 11.2 Å². The Kier molecular flexibility index (Phi) is 3.39. The first-order valence-corrected chi connectivity index (χ1v) is 8.64. The fourth-order valence-electron chi connectivity index (χ4n) is 3.47. The van der Waals surface area contributed by atoms with Crippen LogP contribution >= 0.6 is 0 Å². The lowest BCUT2D eigenvalue weighted by molar-refractivity contribution is 0.0327. The van der Waals surface area contributed by atoms with E-state index in [-0.39, 0.29) is 0 Å². The van der Waals surface area contributed by atoms with Crippen molar-refractivity contribution in [2.75, 3.05) is 12.4 Å². The van der Waals surface area contributed by atoms with Gasteiger partial charge < -0.3 is 15.0 Å². The molecule has 0 aliphatic heterocycles. The van der Waals surface area contributed by atoms with E-state index in [2.05, 4.69) is 36.6 Å². The number of fused-ring (bicyclic) bond motifs is 2. The lowest BCUT2D eigenvalue weighted by atomic mass is 9.89. The molecule has 1 saturated carbocycles. The number of methoxy groups -OCH3 is 1. The molecule has 0 atom stereocenters. The molecule has 0 unspecified atom stereocenters. The molecule has 8 heteroatoms. The van der Waals surface area contributed by atoms with Crippen LogP contribution in [-0.2, 0) is 11.8 Å². The minimum Gasteiger partial charge on any atom is -0.381 e. The van der Waals surface area contributed by atoms with Gasteiger partial charge >= 0.3 is 0 Å². The number of aryl methyl sites for hydroxylation is 1. The number of hydrogen-bond donors (Lipinski definition) is 2. The maximum absolute atomic E-state index is 5.31. The third-order valence-electron chi connectivity index (χ3n) is 5.12. The topological polar surface area (TPSA) is 93.5 Å². The SMILES string of the molecule is COC1CC(Nc2ncc3c(-c4ccc5nnn(C)c5c4)c[nH]c3n2)C1. The molecule has 4 aromatic rings. The molecule has 132 valence electrons.